The summed E-state index contributed by atoms with van der Waals surface area (Å²) in [5, 5.41) is 12.6. The summed E-state index contributed by atoms with van der Waals surface area (Å²) < 4.78 is 19.1. The van der Waals surface area contributed by atoms with Crippen LogP contribution in [0.4, 0.5) is 10.1 Å². The zero-order chi connectivity index (χ0) is 17.3. The molecule has 130 valence electrons. The number of hydrogen-bond acceptors (Lipinski definition) is 5. The van der Waals surface area contributed by atoms with Crippen molar-refractivity contribution in [3.05, 3.63) is 33.5 Å². The molecule has 1 aromatic heterocycles. The van der Waals surface area contributed by atoms with Crippen LogP contribution in [0.25, 0.3) is 11.5 Å². The third-order valence-corrected chi connectivity index (χ3v) is 4.97. The van der Waals surface area contributed by atoms with Crippen LogP contribution < -0.4 is 16.4 Å². The van der Waals surface area contributed by atoms with Gasteiger partial charge in [-0.25, -0.2) is 14.3 Å². The molecule has 0 radical (unpaired) electrons. The second kappa shape index (κ2) is 6.94. The monoisotopic (exact) mass is 354 g/mol. The van der Waals surface area contributed by atoms with Crippen LogP contribution in [0.1, 0.15) is 20.3 Å². The van der Waals surface area contributed by atoms with Gasteiger partial charge in [-0.1, -0.05) is 18.5 Å². The SMILES string of the molecule is CC(Nc1cc(-c2n[nH]c(=O)o2)cc(F)c1Cl)[C@H]1CCNC[C@H]1C. The van der Waals surface area contributed by atoms with Gasteiger partial charge in [0.25, 0.3) is 0 Å². The van der Waals surface area contributed by atoms with Gasteiger partial charge in [-0.05, 0) is 50.4 Å². The number of aromatic amines is 1. The van der Waals surface area contributed by atoms with Crippen molar-refractivity contribution >= 4 is 17.3 Å². The van der Waals surface area contributed by atoms with E-state index >= 15 is 0 Å². The van der Waals surface area contributed by atoms with Crippen LogP contribution in [0.5, 0.6) is 0 Å². The third kappa shape index (κ3) is 3.47. The summed E-state index contributed by atoms with van der Waals surface area (Å²) in [6.45, 7) is 6.22. The standard InChI is InChI=1S/C16H20ClFN4O2/c1-8-7-19-4-3-11(8)9(2)20-13-6-10(5-12(18)14(13)17)15-21-22-16(23)24-15/h5-6,8-9,11,19-20H,3-4,7H2,1-2H3,(H,22,23)/t8-,9?,11+/m1/s1. The molecular weight excluding hydrogens is 335 g/mol. The van der Waals surface area contributed by atoms with Crippen LogP contribution in [0.3, 0.4) is 0 Å². The Morgan fingerprint density at radius 2 is 2.29 bits per heavy atom. The van der Waals surface area contributed by atoms with Crippen molar-refractivity contribution in [1.29, 1.82) is 0 Å². The molecule has 3 rings (SSSR count). The second-order valence-corrected chi connectivity index (χ2v) is 6.68. The van der Waals surface area contributed by atoms with Gasteiger partial charge in [0.15, 0.2) is 0 Å². The molecule has 6 nitrogen and oxygen atoms in total. The van der Waals surface area contributed by atoms with Gasteiger partial charge < -0.3 is 15.1 Å². The summed E-state index contributed by atoms with van der Waals surface area (Å²) in [6.07, 6.45) is 1.05. The zero-order valence-electron chi connectivity index (χ0n) is 13.5. The number of H-pyrrole nitrogens is 1. The first-order chi connectivity index (χ1) is 11.5. The largest absolute Gasteiger partial charge is 0.434 e. The molecule has 1 unspecified atom stereocenters. The van der Waals surface area contributed by atoms with Gasteiger partial charge in [-0.15, -0.1) is 5.10 Å². The topological polar surface area (TPSA) is 83.0 Å². The number of hydrogen-bond donors (Lipinski definition) is 3. The summed E-state index contributed by atoms with van der Waals surface area (Å²) in [6, 6.07) is 2.97. The Morgan fingerprint density at radius 3 is 2.96 bits per heavy atom. The number of piperidine rings is 1. The third-order valence-electron chi connectivity index (χ3n) is 4.59. The normalized spacial score (nSPS) is 22.3. The van der Waals surface area contributed by atoms with Crippen molar-refractivity contribution in [3.63, 3.8) is 0 Å². The van der Waals surface area contributed by atoms with Crippen molar-refractivity contribution in [2.75, 3.05) is 18.4 Å². The summed E-state index contributed by atoms with van der Waals surface area (Å²) in [5.41, 5.74) is 0.818. The summed E-state index contributed by atoms with van der Waals surface area (Å²) >= 11 is 6.11. The Hall–Kier alpha value is -1.86. The average Bonchev–Trinajstić information content (AvgIpc) is 2.98. The smallest absolute Gasteiger partial charge is 0.388 e. The lowest BCUT2D eigenvalue weighted by atomic mass is 9.82. The van der Waals surface area contributed by atoms with Crippen LogP contribution in [-0.4, -0.2) is 29.3 Å². The molecular formula is C16H20ClFN4O2. The molecule has 8 heteroatoms. The summed E-state index contributed by atoms with van der Waals surface area (Å²) in [7, 11) is 0. The van der Waals surface area contributed by atoms with E-state index in [1.165, 1.54) is 6.07 Å². The van der Waals surface area contributed by atoms with Crippen LogP contribution in [0, 0.1) is 17.7 Å². The Balaban J connectivity index is 1.86. The van der Waals surface area contributed by atoms with Crippen molar-refractivity contribution in [1.82, 2.24) is 15.5 Å². The van der Waals surface area contributed by atoms with E-state index in [4.69, 9.17) is 16.0 Å². The van der Waals surface area contributed by atoms with Gasteiger partial charge in [0.1, 0.15) is 5.82 Å². The second-order valence-electron chi connectivity index (χ2n) is 6.30. The molecule has 0 amide bonds. The van der Waals surface area contributed by atoms with Gasteiger partial charge in [-0.3, -0.25) is 0 Å². The fourth-order valence-corrected chi connectivity index (χ4v) is 3.46. The lowest BCUT2D eigenvalue weighted by Gasteiger charge is -2.35. The highest BCUT2D eigenvalue weighted by molar-refractivity contribution is 6.33. The van der Waals surface area contributed by atoms with Gasteiger partial charge in [0, 0.05) is 11.6 Å². The molecule has 2 aromatic rings. The predicted octanol–water partition coefficient (Wildman–Crippen LogP) is 2.87. The van der Waals surface area contributed by atoms with E-state index in [1.54, 1.807) is 6.07 Å². The van der Waals surface area contributed by atoms with Gasteiger partial charge in [-0.2, -0.15) is 0 Å². The number of rotatable bonds is 4. The van der Waals surface area contributed by atoms with E-state index in [1.807, 2.05) is 0 Å². The van der Waals surface area contributed by atoms with Crippen molar-refractivity contribution in [2.24, 2.45) is 11.8 Å². The van der Waals surface area contributed by atoms with E-state index < -0.39 is 11.6 Å². The Kier molecular flexibility index (Phi) is 4.91. The number of benzene rings is 1. The quantitative estimate of drug-likeness (QED) is 0.786. The summed E-state index contributed by atoms with van der Waals surface area (Å²) in [5.74, 6) is -0.282. The molecule has 0 aliphatic carbocycles. The molecule has 1 aromatic carbocycles. The molecule has 0 bridgehead atoms. The number of nitrogens with zero attached hydrogens (tertiary/aromatic N) is 1. The molecule has 3 atom stereocenters. The maximum atomic E-state index is 14.2. The van der Waals surface area contributed by atoms with E-state index in [-0.39, 0.29) is 17.0 Å². The summed E-state index contributed by atoms with van der Waals surface area (Å²) in [4.78, 5) is 11.1. The number of aromatic nitrogens is 2. The Bertz CT molecular complexity index is 776. The van der Waals surface area contributed by atoms with Gasteiger partial charge in [0.2, 0.25) is 5.89 Å². The number of anilines is 1. The van der Waals surface area contributed by atoms with E-state index in [0.29, 0.717) is 23.1 Å². The first kappa shape index (κ1) is 17.0. The average molecular weight is 355 g/mol. The minimum atomic E-state index is -0.688. The molecule has 0 spiro atoms. The molecule has 2 heterocycles. The molecule has 1 aliphatic rings. The number of nitrogens with one attached hydrogen (secondary N) is 3. The fourth-order valence-electron chi connectivity index (χ4n) is 3.30. The van der Waals surface area contributed by atoms with Crippen molar-refractivity contribution in [2.45, 2.75) is 26.3 Å². The predicted molar refractivity (Wildman–Crippen MR) is 90.8 cm³/mol. The minimum absolute atomic E-state index is 0.0186. The van der Waals surface area contributed by atoms with E-state index in [9.17, 15) is 9.18 Å². The maximum Gasteiger partial charge on any atom is 0.434 e. The van der Waals surface area contributed by atoms with E-state index in [0.717, 1.165) is 19.5 Å². The van der Waals surface area contributed by atoms with Crippen LogP contribution >= 0.6 is 11.6 Å². The highest BCUT2D eigenvalue weighted by Gasteiger charge is 2.27. The van der Waals surface area contributed by atoms with E-state index in [2.05, 4.69) is 34.7 Å². The lowest BCUT2D eigenvalue weighted by Crippen LogP contribution is -2.42. The van der Waals surface area contributed by atoms with Gasteiger partial charge >= 0.3 is 5.76 Å². The van der Waals surface area contributed by atoms with Crippen LogP contribution in [-0.2, 0) is 0 Å². The Labute approximate surface area is 143 Å². The van der Waals surface area contributed by atoms with Crippen molar-refractivity contribution in [3.8, 4) is 11.5 Å². The highest BCUT2D eigenvalue weighted by atomic mass is 35.5. The number of halogens is 2. The molecule has 1 fully saturated rings. The van der Waals surface area contributed by atoms with Crippen molar-refractivity contribution < 1.29 is 8.81 Å². The van der Waals surface area contributed by atoms with Gasteiger partial charge in [0.05, 0.1) is 10.7 Å². The zero-order valence-corrected chi connectivity index (χ0v) is 14.3. The fraction of sp³-hybridized carbons (Fsp3) is 0.500. The molecule has 1 aliphatic heterocycles. The lowest BCUT2D eigenvalue weighted by molar-refractivity contribution is 0.250. The Morgan fingerprint density at radius 1 is 1.50 bits per heavy atom. The molecule has 1 saturated heterocycles. The van der Waals surface area contributed by atoms with Crippen LogP contribution in [0.2, 0.25) is 5.02 Å². The minimum Gasteiger partial charge on any atom is -0.388 e. The maximum absolute atomic E-state index is 14.2. The first-order valence-electron chi connectivity index (χ1n) is 7.98. The highest BCUT2D eigenvalue weighted by Crippen LogP contribution is 2.33. The molecule has 0 saturated carbocycles. The van der Waals surface area contributed by atoms with Crippen LogP contribution in [0.15, 0.2) is 21.3 Å². The molecule has 24 heavy (non-hydrogen) atoms. The first-order valence-corrected chi connectivity index (χ1v) is 8.35. The molecule has 3 N–H and O–H groups in total.